The molecule has 0 aliphatic carbocycles. The molecule has 0 fully saturated rings. The number of aryl methyl sites for hydroxylation is 2. The van der Waals surface area contributed by atoms with Crippen LogP contribution >= 0.6 is 0 Å². The van der Waals surface area contributed by atoms with Gasteiger partial charge >= 0.3 is 12.1 Å². The van der Waals surface area contributed by atoms with Crippen molar-refractivity contribution in [1.29, 1.82) is 0 Å². The van der Waals surface area contributed by atoms with Crippen molar-refractivity contribution in [2.75, 3.05) is 5.32 Å². The van der Waals surface area contributed by atoms with Gasteiger partial charge < -0.3 is 19.7 Å². The number of halogens is 6. The van der Waals surface area contributed by atoms with Crippen LogP contribution in [0.2, 0.25) is 0 Å². The van der Waals surface area contributed by atoms with E-state index in [4.69, 9.17) is 4.74 Å². The van der Waals surface area contributed by atoms with Crippen molar-refractivity contribution >= 4 is 11.6 Å². The zero-order valence-electron chi connectivity index (χ0n) is 20.0. The second-order valence-corrected chi connectivity index (χ2v) is 8.24. The number of nitrogens with one attached hydrogen (secondary N) is 2. The topological polar surface area (TPSA) is 105 Å². The molecule has 8 nitrogen and oxygen atoms in total. The number of hydrogen-bond acceptors (Lipinski definition) is 5. The van der Waals surface area contributed by atoms with E-state index in [1.807, 2.05) is 0 Å². The summed E-state index contributed by atoms with van der Waals surface area (Å²) in [5.41, 5.74) is -2.41. The van der Waals surface area contributed by atoms with Crippen molar-refractivity contribution < 1.29 is 41.0 Å². The molecule has 0 unspecified atom stereocenters. The first kappa shape index (κ1) is 27.8. The predicted octanol–water partition coefficient (Wildman–Crippen LogP) is 5.17. The number of nitrogens with zero attached hydrogens (tertiary/aromatic N) is 3. The lowest BCUT2D eigenvalue weighted by atomic mass is 10.1. The van der Waals surface area contributed by atoms with Crippen molar-refractivity contribution in [3.63, 3.8) is 0 Å². The van der Waals surface area contributed by atoms with Crippen LogP contribution in [-0.4, -0.2) is 43.0 Å². The number of rotatable bonds is 8. The number of carbonyl (C=O) groups excluding carboxylic acids is 1. The summed E-state index contributed by atoms with van der Waals surface area (Å²) < 4.78 is 89.7. The largest absolute Gasteiger partial charge is 0.480 e. The average molecular weight is 531 g/mol. The monoisotopic (exact) mass is 531 g/mol. The Labute approximate surface area is 207 Å². The maximum atomic E-state index is 15.1. The van der Waals surface area contributed by atoms with Crippen LogP contribution in [0.25, 0.3) is 11.3 Å². The summed E-state index contributed by atoms with van der Waals surface area (Å²) in [6.45, 7) is 6.41. The van der Waals surface area contributed by atoms with Crippen LogP contribution in [0.1, 0.15) is 47.5 Å². The second-order valence-electron chi connectivity index (χ2n) is 8.24. The van der Waals surface area contributed by atoms with E-state index in [-0.39, 0.29) is 22.8 Å². The van der Waals surface area contributed by atoms with Gasteiger partial charge in [-0.2, -0.15) is 27.1 Å². The maximum Gasteiger partial charge on any atom is 0.425 e. The van der Waals surface area contributed by atoms with E-state index in [2.05, 4.69) is 27.1 Å². The molecule has 2 aromatic heterocycles. The molecule has 0 spiro atoms. The number of benzene rings is 1. The van der Waals surface area contributed by atoms with Crippen LogP contribution in [0, 0.1) is 12.7 Å². The number of amides is 1. The molecule has 0 saturated heterocycles. The first-order valence-electron chi connectivity index (χ1n) is 10.7. The highest BCUT2D eigenvalue weighted by Gasteiger charge is 2.39. The fourth-order valence-corrected chi connectivity index (χ4v) is 3.39. The fraction of sp³-hybridized carbons (Fsp3) is 0.348. The summed E-state index contributed by atoms with van der Waals surface area (Å²) in [6.07, 6.45) is -6.65. The van der Waals surface area contributed by atoms with Crippen LogP contribution in [0.5, 0.6) is 5.75 Å². The first-order chi connectivity index (χ1) is 17.1. The lowest BCUT2D eigenvalue weighted by Crippen LogP contribution is -2.32. The van der Waals surface area contributed by atoms with E-state index in [9.17, 15) is 31.9 Å². The van der Waals surface area contributed by atoms with E-state index in [0.717, 1.165) is 6.07 Å². The number of carbonyl (C=O) groups is 1. The highest BCUT2D eigenvalue weighted by molar-refractivity contribution is 6.07. The average Bonchev–Trinajstić information content (AvgIpc) is 3.37. The summed E-state index contributed by atoms with van der Waals surface area (Å²) in [7, 11) is 1.52. The van der Waals surface area contributed by atoms with Gasteiger partial charge in [-0.15, -0.1) is 0 Å². The molecule has 3 N–H and O–H groups in total. The predicted molar refractivity (Wildman–Crippen MR) is 121 cm³/mol. The molecule has 0 radical (unpaired) electrons. The van der Waals surface area contributed by atoms with Crippen molar-refractivity contribution in [3.05, 3.63) is 59.6 Å². The molecule has 37 heavy (non-hydrogen) atoms. The Hall–Kier alpha value is -3.81. The molecule has 0 aliphatic rings. The highest BCUT2D eigenvalue weighted by Crippen LogP contribution is 2.37. The van der Waals surface area contributed by atoms with Gasteiger partial charge in [-0.25, -0.2) is 9.37 Å². The molecule has 2 atom stereocenters. The Balaban J connectivity index is 2.12. The van der Waals surface area contributed by atoms with E-state index in [0.29, 0.717) is 19.1 Å². The maximum absolute atomic E-state index is 15.1. The van der Waals surface area contributed by atoms with Crippen LogP contribution in [0.3, 0.4) is 0 Å². The molecule has 0 aliphatic heterocycles. The van der Waals surface area contributed by atoms with E-state index in [1.54, 1.807) is 0 Å². The van der Waals surface area contributed by atoms with Crippen molar-refractivity contribution in [1.82, 2.24) is 19.7 Å². The van der Waals surface area contributed by atoms with E-state index in [1.165, 1.54) is 31.7 Å². The van der Waals surface area contributed by atoms with Gasteiger partial charge in [0.25, 0.3) is 5.91 Å². The normalized spacial score (nSPS) is 13.8. The zero-order chi connectivity index (χ0) is 27.9. The van der Waals surface area contributed by atoms with Crippen LogP contribution in [0.15, 0.2) is 31.0 Å². The quantitative estimate of drug-likeness (QED) is 0.275. The molecule has 0 saturated carbocycles. The fourth-order valence-electron chi connectivity index (χ4n) is 3.39. The lowest BCUT2D eigenvalue weighted by Gasteiger charge is -2.20. The number of H-pyrrole nitrogens is 1. The van der Waals surface area contributed by atoms with Crippen LogP contribution < -0.4 is 10.1 Å². The minimum absolute atomic E-state index is 0.0500. The Morgan fingerprint density at radius 3 is 2.46 bits per heavy atom. The van der Waals surface area contributed by atoms with Gasteiger partial charge in [-0.05, 0) is 39.0 Å². The summed E-state index contributed by atoms with van der Waals surface area (Å²) >= 11 is 0. The van der Waals surface area contributed by atoms with Gasteiger partial charge in [0.15, 0.2) is 6.10 Å². The Morgan fingerprint density at radius 2 is 1.92 bits per heavy atom. The summed E-state index contributed by atoms with van der Waals surface area (Å²) in [6, 6.07) is 1.46. The third-order valence-corrected chi connectivity index (χ3v) is 5.42. The molecule has 2 heterocycles. The number of imidazole rings is 1. The summed E-state index contributed by atoms with van der Waals surface area (Å²) in [5.74, 6) is -6.46. The van der Waals surface area contributed by atoms with Crippen LogP contribution in [-0.2, 0) is 13.0 Å². The third kappa shape index (κ3) is 5.63. The van der Waals surface area contributed by atoms with Gasteiger partial charge in [0.1, 0.15) is 29.2 Å². The molecule has 200 valence electrons. The van der Waals surface area contributed by atoms with Gasteiger partial charge in [0, 0.05) is 18.8 Å². The van der Waals surface area contributed by atoms with Crippen molar-refractivity contribution in [2.45, 2.75) is 45.1 Å². The van der Waals surface area contributed by atoms with Crippen molar-refractivity contribution in [3.8, 4) is 17.0 Å². The molecule has 14 heteroatoms. The number of alkyl halides is 5. The van der Waals surface area contributed by atoms with E-state index >= 15 is 4.39 Å². The van der Waals surface area contributed by atoms with Crippen molar-refractivity contribution in [2.24, 2.45) is 7.05 Å². The third-order valence-electron chi connectivity index (χ3n) is 5.42. The Kier molecular flexibility index (Phi) is 7.44. The number of ether oxygens (including phenoxy) is 1. The number of aliphatic hydroxyl groups excluding tert-OH is 1. The number of anilines is 1. The molecule has 1 amide bonds. The minimum Gasteiger partial charge on any atom is -0.480 e. The highest BCUT2D eigenvalue weighted by atomic mass is 19.4. The molecule has 1 aromatic carbocycles. The zero-order valence-corrected chi connectivity index (χ0v) is 20.0. The standard InChI is InChI=1S/C23H23F6N5O3/c1-6-22(25,26)19-18(10(2)32-33-19)31-21(36)14-7-15(24)13(8-17(14)37-12(4)23(27,28)29)16-9-34(5)20(30-16)11(3)35/h6-9,11-12,35H,1H2,2-5H3,(H,31,36)(H,32,33)/t11-,12+/m1/s1. The molecule has 3 aromatic rings. The van der Waals surface area contributed by atoms with Gasteiger partial charge in [0.2, 0.25) is 0 Å². The number of allylic oxidation sites excluding steroid dienone is 1. The lowest BCUT2D eigenvalue weighted by molar-refractivity contribution is -0.189. The van der Waals surface area contributed by atoms with Gasteiger partial charge in [0.05, 0.1) is 22.6 Å². The molecular weight excluding hydrogens is 508 g/mol. The SMILES string of the molecule is C=CC(F)(F)c1[nH]nc(C)c1NC(=O)c1cc(F)c(-c2cn(C)c([C@@H](C)O)n2)cc1O[C@@H](C)C(F)(F)F. The van der Waals surface area contributed by atoms with Gasteiger partial charge in [-0.1, -0.05) is 6.58 Å². The minimum atomic E-state index is -4.84. The number of aromatic amines is 1. The Bertz CT molecular complexity index is 1330. The van der Waals surface area contributed by atoms with Crippen LogP contribution in [0.4, 0.5) is 32.0 Å². The summed E-state index contributed by atoms with van der Waals surface area (Å²) in [4.78, 5) is 17.1. The number of aromatic nitrogens is 4. The van der Waals surface area contributed by atoms with E-state index < -0.39 is 58.7 Å². The Morgan fingerprint density at radius 1 is 1.27 bits per heavy atom. The summed E-state index contributed by atoms with van der Waals surface area (Å²) in [5, 5.41) is 17.7. The number of hydrogen-bond donors (Lipinski definition) is 3. The first-order valence-corrected chi connectivity index (χ1v) is 10.7. The van der Waals surface area contributed by atoms with Gasteiger partial charge in [-0.3, -0.25) is 9.89 Å². The molecule has 3 rings (SSSR count). The smallest absolute Gasteiger partial charge is 0.425 e. The number of aliphatic hydroxyl groups is 1. The molecular formula is C23H23F6N5O3. The second kappa shape index (κ2) is 9.92. The molecule has 0 bridgehead atoms.